The zero-order valence-corrected chi connectivity index (χ0v) is 40.2. The molecule has 0 amide bonds. The second-order valence-electron chi connectivity index (χ2n) is 17.9. The molecule has 76 heavy (non-hydrogen) atoms. The van der Waals surface area contributed by atoms with Gasteiger partial charge in [-0.1, -0.05) is 132 Å². The first kappa shape index (κ1) is 53.5. The van der Waals surface area contributed by atoms with E-state index in [9.17, 15) is 0 Å². The Morgan fingerprint density at radius 1 is 0.250 bits per heavy atom. The zero-order valence-electron chi connectivity index (χ0n) is 40.2. The van der Waals surface area contributed by atoms with Crippen LogP contribution in [0.4, 0.5) is 17.1 Å². The van der Waals surface area contributed by atoms with Gasteiger partial charge in [0.2, 0.25) is 0 Å². The molecule has 0 unspecified atom stereocenters. The van der Waals surface area contributed by atoms with E-state index in [4.69, 9.17) is 192 Å². The molecule has 2 heterocycles. The van der Waals surface area contributed by atoms with Gasteiger partial charge >= 0.3 is 0 Å². The number of fused-ring (bicyclic) bond motifs is 4. The van der Waals surface area contributed by atoms with Crippen LogP contribution in [0.25, 0.3) is 78.0 Å². The normalized spacial score (nSPS) is 11.5. The maximum absolute atomic E-state index is 7.45. The minimum Gasteiger partial charge on any atom is -0.457 e. The third kappa shape index (κ3) is 7.80. The number of rotatable bonds is 7. The minimum atomic E-state index is -0.296. The predicted octanol–water partition coefficient (Wildman–Crippen LogP) is -13.5. The van der Waals surface area contributed by atoms with E-state index in [2.05, 4.69) is 0 Å². The fraction of sp³-hybridized carbons (Fsp3) is 0. The van der Waals surface area contributed by atoms with Crippen molar-refractivity contribution in [3.63, 3.8) is 0 Å². The number of hydrogen-bond donors (Lipinski definition) is 0. The first-order chi connectivity index (χ1) is 35.9. The fourth-order valence-corrected chi connectivity index (χ4v) is 9.69. The van der Waals surface area contributed by atoms with Crippen LogP contribution in [0.1, 0.15) is 0 Å². The van der Waals surface area contributed by atoms with Gasteiger partial charge in [-0.05, 0) is 27.4 Å². The first-order valence-corrected chi connectivity index (χ1v) is 22.6. The van der Waals surface area contributed by atoms with Gasteiger partial charge in [0.25, 0.3) is 0 Å². The Hall–Kier alpha value is -5.94. The molecule has 0 fully saturated rings. The van der Waals surface area contributed by atoms with Crippen LogP contribution >= 0.6 is 0 Å². The van der Waals surface area contributed by atoms with Crippen molar-refractivity contribution in [2.75, 3.05) is 4.90 Å². The van der Waals surface area contributed by atoms with Crippen LogP contribution in [-0.2, 0) is 0 Å². The maximum atomic E-state index is 7.45. The molecule has 44 radical (unpaired) electrons. The molecule has 0 aliphatic heterocycles. The third-order valence-corrected chi connectivity index (χ3v) is 13.7. The largest absolute Gasteiger partial charge is 0.457 e. The van der Waals surface area contributed by atoms with Crippen molar-refractivity contribution in [1.82, 2.24) is 15.0 Å². The Balaban J connectivity index is 1.35. The molecule has 0 saturated heterocycles. The lowest BCUT2D eigenvalue weighted by molar-refractivity contribution is 0.675. The van der Waals surface area contributed by atoms with Crippen LogP contribution in [0.15, 0.2) is 65.1 Å². The summed E-state index contributed by atoms with van der Waals surface area (Å²) in [5.41, 5.74) is -3.13. The van der Waals surface area contributed by atoms with Gasteiger partial charge in [0.05, 0.1) is 0 Å². The van der Waals surface area contributed by atoms with Crippen molar-refractivity contribution in [1.29, 1.82) is 0 Å². The monoisotopic (exact) mass is 912 g/mol. The molecule has 0 aliphatic rings. The highest BCUT2D eigenvalue weighted by atomic mass is 16.3. The Bertz CT molecular complexity index is 4030. The molecule has 27 heteroatoms. The minimum absolute atomic E-state index is 0.00728. The molecule has 0 spiro atoms. The number of hydrogen-bond acceptors (Lipinski definition) is 5. The van der Waals surface area contributed by atoms with Gasteiger partial charge < -0.3 is 9.32 Å². The van der Waals surface area contributed by atoms with Crippen LogP contribution in [0, 0.1) is 0 Å². The average Bonchev–Trinajstić information content (AvgIpc) is 4.03. The van der Waals surface area contributed by atoms with Crippen molar-refractivity contribution in [2.45, 2.75) is 0 Å². The van der Waals surface area contributed by atoms with E-state index in [1.807, 2.05) is 60.7 Å². The van der Waals surface area contributed by atoms with Crippen LogP contribution < -0.4 is 125 Å². The summed E-state index contributed by atoms with van der Waals surface area (Å²) in [6.07, 6.45) is 0. The highest BCUT2D eigenvalue weighted by Gasteiger charge is 2.32. The maximum Gasteiger partial charge on any atom is 0.164 e. The van der Waals surface area contributed by atoms with Crippen LogP contribution in [0.2, 0.25) is 0 Å². The summed E-state index contributed by atoms with van der Waals surface area (Å²) in [6, 6.07) is 18.4. The second kappa shape index (κ2) is 19.5. The van der Waals surface area contributed by atoms with E-state index >= 15 is 0 Å². The van der Waals surface area contributed by atoms with E-state index in [-0.39, 0.29) is 204 Å². The zero-order chi connectivity index (χ0) is 55.0. The van der Waals surface area contributed by atoms with E-state index in [0.717, 1.165) is 0 Å². The number of aromatic nitrogens is 3. The van der Waals surface area contributed by atoms with Crippen molar-refractivity contribution in [3.05, 3.63) is 60.7 Å². The van der Waals surface area contributed by atoms with Crippen molar-refractivity contribution >= 4 is 343 Å². The average molecular weight is 909 g/mol. The molecular weight excluding hydrogens is 898 g/mol. The molecule has 5 nitrogen and oxygen atoms in total. The number of benzene rings is 8. The van der Waals surface area contributed by atoms with Gasteiger partial charge in [-0.15, -0.1) is 43.7 Å². The van der Waals surface area contributed by atoms with Crippen molar-refractivity contribution < 1.29 is 4.42 Å². The predicted molar refractivity (Wildman–Crippen MR) is 340 cm³/mol. The van der Waals surface area contributed by atoms with Gasteiger partial charge in [-0.3, -0.25) is 0 Å². The number of nitrogens with zero attached hydrogens (tertiary/aromatic N) is 4. The second-order valence-corrected chi connectivity index (χ2v) is 17.9. The van der Waals surface area contributed by atoms with Gasteiger partial charge in [-0.2, -0.15) is 0 Å². The van der Waals surface area contributed by atoms with Gasteiger partial charge in [0, 0.05) is 44.5 Å². The quantitative estimate of drug-likeness (QED) is 0.149. The Morgan fingerprint density at radius 2 is 0.579 bits per heavy atom. The van der Waals surface area contributed by atoms with Crippen LogP contribution in [0.5, 0.6) is 0 Å². The third-order valence-electron chi connectivity index (χ3n) is 13.7. The van der Waals surface area contributed by atoms with E-state index in [1.165, 1.54) is 4.90 Å². The van der Waals surface area contributed by atoms with Gasteiger partial charge in [0.1, 0.15) is 184 Å². The summed E-state index contributed by atoms with van der Waals surface area (Å²) in [6.45, 7) is 0. The summed E-state index contributed by atoms with van der Waals surface area (Å²) >= 11 is 0. The molecule has 0 saturated carbocycles. The Kier molecular flexibility index (Phi) is 13.7. The smallest absolute Gasteiger partial charge is 0.164 e. The van der Waals surface area contributed by atoms with Crippen LogP contribution in [0.3, 0.4) is 0 Å². The SMILES string of the molecule is [B]c1c([B])c([B])c(N(c2c([B])c([B])c([B])c([B])c2[B])c2c([B])c([B])c3c([B])c(-c4c([B])c(-c5nc(-c6ccccc6)nc(-c6ccccc6)n5)c5c(oc6c([B])c([B])c([B])c([B])c65)c4[B])c([B])c([B])c3c2[B])c([B])c1[B]. The standard InChI is InChI=1S/C49H10B22N4O/c50-20-14(22(52)23(53)17-15(20)24(54)36(66)42(26(17)56)75(43-37(67)31(61)29(59)32(62)38(43)68)44-39(69)33(63)30(60)34(64)40(44)70)16-21(51)19(13-18-25(55)28(58)35(65)41(71)46(18)76-45(13)27(16)57)49-73-47(11-7-3-1-4-8-11)72-48(74-49)12-9-5-2-6-10-12/h1-10H. The molecule has 0 aliphatic carbocycles. The molecule has 10 aromatic rings. The lowest BCUT2D eigenvalue weighted by atomic mass is 9.58. The lowest BCUT2D eigenvalue weighted by Gasteiger charge is -2.40. The number of furan rings is 1. The summed E-state index contributed by atoms with van der Waals surface area (Å²) in [5.74, 6) is 0.538. The van der Waals surface area contributed by atoms with E-state index in [0.29, 0.717) is 11.1 Å². The number of anilines is 3. The molecular formula is C49H10B22N4O. The fourth-order valence-electron chi connectivity index (χ4n) is 9.69. The van der Waals surface area contributed by atoms with Gasteiger partial charge in [0.15, 0.2) is 17.5 Å². The van der Waals surface area contributed by atoms with Gasteiger partial charge in [-0.25, -0.2) is 15.0 Å². The molecule has 0 atom stereocenters. The van der Waals surface area contributed by atoms with E-state index < -0.39 is 0 Å². The molecule has 0 N–H and O–H groups in total. The topological polar surface area (TPSA) is 55.1 Å². The highest BCUT2D eigenvalue weighted by Crippen LogP contribution is 2.36. The molecule has 10 rings (SSSR count). The molecule has 8 aromatic carbocycles. The Morgan fingerprint density at radius 3 is 1.05 bits per heavy atom. The summed E-state index contributed by atoms with van der Waals surface area (Å²) < 4.78 is 6.54. The summed E-state index contributed by atoms with van der Waals surface area (Å²) in [4.78, 5) is 16.1. The van der Waals surface area contributed by atoms with Crippen molar-refractivity contribution in [2.24, 2.45) is 0 Å². The highest BCUT2D eigenvalue weighted by molar-refractivity contribution is 6.74. The molecule has 2 aromatic heterocycles. The van der Waals surface area contributed by atoms with E-state index in [1.54, 1.807) is 0 Å². The summed E-state index contributed by atoms with van der Waals surface area (Å²) in [7, 11) is 149. The first-order valence-electron chi connectivity index (χ1n) is 22.6. The van der Waals surface area contributed by atoms with Crippen molar-refractivity contribution in [3.8, 4) is 45.3 Å². The molecule has 0 bridgehead atoms. The summed E-state index contributed by atoms with van der Waals surface area (Å²) in [5, 5.41) is 0.299. The Labute approximate surface area is 469 Å². The lowest BCUT2D eigenvalue weighted by Crippen LogP contribution is -2.60. The van der Waals surface area contributed by atoms with Crippen LogP contribution in [-0.4, -0.2) is 188 Å². The molecule has 298 valence electrons.